The molecular formula is C14H14I2N4+2. The second-order valence-corrected chi connectivity index (χ2v) is 6.54. The maximum atomic E-state index is 2.35. The van der Waals surface area contributed by atoms with Gasteiger partial charge in [-0.15, -0.1) is 0 Å². The predicted molar refractivity (Wildman–Crippen MR) is 92.9 cm³/mol. The van der Waals surface area contributed by atoms with Gasteiger partial charge in [-0.3, -0.25) is 0 Å². The van der Waals surface area contributed by atoms with Gasteiger partial charge in [-0.25, -0.2) is 9.13 Å². The van der Waals surface area contributed by atoms with E-state index in [2.05, 4.69) is 127 Å². The number of hydrogen-bond acceptors (Lipinski definition) is 0. The van der Waals surface area contributed by atoms with Gasteiger partial charge in [-0.2, -0.15) is 9.13 Å². The van der Waals surface area contributed by atoms with Gasteiger partial charge in [0.2, 0.25) is 0 Å². The van der Waals surface area contributed by atoms with Crippen molar-refractivity contribution in [2.45, 2.75) is 0 Å². The second kappa shape index (κ2) is 5.47. The molecule has 0 aliphatic carbocycles. The smallest absolute Gasteiger partial charge is 0.228 e. The summed E-state index contributed by atoms with van der Waals surface area (Å²) in [5.41, 5.74) is 2.34. The van der Waals surface area contributed by atoms with Crippen molar-refractivity contribution in [3.8, 4) is 11.4 Å². The molecule has 0 aliphatic rings. The molecule has 2 heterocycles. The Labute approximate surface area is 144 Å². The van der Waals surface area contributed by atoms with Crippen molar-refractivity contribution in [3.05, 3.63) is 56.7 Å². The molecule has 0 bridgehead atoms. The summed E-state index contributed by atoms with van der Waals surface area (Å²) >= 11 is 4.70. The lowest BCUT2D eigenvalue weighted by molar-refractivity contribution is -0.683. The highest BCUT2D eigenvalue weighted by atomic mass is 127. The first-order chi connectivity index (χ1) is 9.58. The zero-order valence-corrected chi connectivity index (χ0v) is 15.5. The van der Waals surface area contributed by atoms with E-state index in [-0.39, 0.29) is 0 Å². The van der Waals surface area contributed by atoms with Gasteiger partial charge in [-0.1, -0.05) is 0 Å². The first-order valence-electron chi connectivity index (χ1n) is 6.13. The third-order valence-electron chi connectivity index (χ3n) is 3.26. The van der Waals surface area contributed by atoms with Crippen LogP contribution in [0, 0.1) is 7.66 Å². The van der Waals surface area contributed by atoms with E-state index in [0.717, 1.165) is 0 Å². The summed E-state index contributed by atoms with van der Waals surface area (Å²) in [5, 5.41) is 0. The van der Waals surface area contributed by atoms with Crippen LogP contribution >= 0.6 is 45.2 Å². The van der Waals surface area contributed by atoms with E-state index in [0.29, 0.717) is 0 Å². The fraction of sp³-hybridized carbons (Fsp3) is 0.143. The molecule has 1 aromatic carbocycles. The van der Waals surface area contributed by atoms with Crippen molar-refractivity contribution in [1.82, 2.24) is 9.13 Å². The van der Waals surface area contributed by atoms with E-state index in [1.165, 1.54) is 19.0 Å². The quantitative estimate of drug-likeness (QED) is 0.386. The van der Waals surface area contributed by atoms with Crippen LogP contribution in [0.1, 0.15) is 0 Å². The lowest BCUT2D eigenvalue weighted by Crippen LogP contribution is -2.30. The molecular weight excluding hydrogens is 478 g/mol. The number of rotatable bonds is 2. The molecule has 0 fully saturated rings. The number of nitrogens with zero attached hydrogens (tertiary/aromatic N) is 4. The molecule has 102 valence electrons. The zero-order valence-electron chi connectivity index (χ0n) is 11.2. The molecule has 3 rings (SSSR count). The summed E-state index contributed by atoms with van der Waals surface area (Å²) in [6, 6.07) is 8.59. The summed E-state index contributed by atoms with van der Waals surface area (Å²) in [4.78, 5) is 0. The van der Waals surface area contributed by atoms with Crippen LogP contribution in [0.25, 0.3) is 11.4 Å². The molecule has 20 heavy (non-hydrogen) atoms. The maximum absolute atomic E-state index is 2.35. The number of benzene rings is 1. The van der Waals surface area contributed by atoms with E-state index in [1.807, 2.05) is 0 Å². The zero-order chi connectivity index (χ0) is 14.3. The Hall–Kier alpha value is -0.900. The van der Waals surface area contributed by atoms with Gasteiger partial charge in [0.1, 0.15) is 36.2 Å². The fourth-order valence-corrected chi connectivity index (χ4v) is 3.28. The number of hydrogen-bond donors (Lipinski definition) is 0. The van der Waals surface area contributed by atoms with Gasteiger partial charge >= 0.3 is 7.66 Å². The molecule has 0 radical (unpaired) electrons. The lowest BCUT2D eigenvalue weighted by atomic mass is 10.3. The molecule has 0 unspecified atom stereocenters. The highest BCUT2D eigenvalue weighted by Gasteiger charge is 2.15. The van der Waals surface area contributed by atoms with Crippen molar-refractivity contribution in [2.24, 2.45) is 14.1 Å². The number of aromatic nitrogens is 4. The molecule has 6 heteroatoms. The molecule has 0 amide bonds. The number of imidazole rings is 2. The molecule has 3 aromatic rings. The van der Waals surface area contributed by atoms with Crippen LogP contribution in [0.15, 0.2) is 49.1 Å². The van der Waals surface area contributed by atoms with E-state index in [9.17, 15) is 0 Å². The minimum atomic E-state index is 1.17. The first-order valence-corrected chi connectivity index (χ1v) is 8.29. The summed E-state index contributed by atoms with van der Waals surface area (Å²) in [6.45, 7) is 0. The van der Waals surface area contributed by atoms with Crippen LogP contribution < -0.4 is 9.13 Å². The number of aryl methyl sites for hydroxylation is 2. The minimum Gasteiger partial charge on any atom is -0.228 e. The number of halogens is 2. The Balaban J connectivity index is 2.00. The summed E-state index contributed by atoms with van der Waals surface area (Å²) in [6.07, 6.45) is 8.28. The molecule has 0 N–H and O–H groups in total. The molecule has 4 nitrogen and oxygen atoms in total. The van der Waals surface area contributed by atoms with Crippen LogP contribution in [-0.2, 0) is 14.1 Å². The monoisotopic (exact) mass is 492 g/mol. The Bertz CT molecular complexity index is 691. The SMILES string of the molecule is C[n+]1ccn(-c2ccc(-n3cc[n+](C)c3I)cc2)c1I. The largest absolute Gasteiger partial charge is 0.322 e. The lowest BCUT2D eigenvalue weighted by Gasteiger charge is -2.00. The first kappa shape index (κ1) is 14.1. The predicted octanol–water partition coefficient (Wildman–Crippen LogP) is 2.13. The van der Waals surface area contributed by atoms with Crippen LogP contribution in [0.4, 0.5) is 0 Å². The van der Waals surface area contributed by atoms with Crippen LogP contribution in [-0.4, -0.2) is 9.13 Å². The second-order valence-electron chi connectivity index (χ2n) is 4.61. The van der Waals surface area contributed by atoms with Crippen molar-refractivity contribution in [1.29, 1.82) is 0 Å². The van der Waals surface area contributed by atoms with E-state index < -0.39 is 0 Å². The molecule has 2 aromatic heterocycles. The third-order valence-corrected chi connectivity index (χ3v) is 5.83. The van der Waals surface area contributed by atoms with E-state index >= 15 is 0 Å². The van der Waals surface area contributed by atoms with Gasteiger partial charge in [0, 0.05) is 0 Å². The summed E-state index contributed by atoms with van der Waals surface area (Å²) in [5.74, 6) is 0. The van der Waals surface area contributed by atoms with Gasteiger partial charge in [0.25, 0.3) is 0 Å². The van der Waals surface area contributed by atoms with E-state index in [1.54, 1.807) is 0 Å². The molecule has 0 saturated carbocycles. The summed E-state index contributed by atoms with van der Waals surface area (Å²) < 4.78 is 10.9. The van der Waals surface area contributed by atoms with Crippen LogP contribution in [0.3, 0.4) is 0 Å². The fourth-order valence-electron chi connectivity index (χ4n) is 2.08. The van der Waals surface area contributed by atoms with E-state index in [4.69, 9.17) is 0 Å². The topological polar surface area (TPSA) is 17.6 Å². The Morgan fingerprint density at radius 3 is 1.35 bits per heavy atom. The molecule has 0 spiro atoms. The average Bonchev–Trinajstić information content (AvgIpc) is 2.96. The Kier molecular flexibility index (Phi) is 3.85. The highest BCUT2D eigenvalue weighted by molar-refractivity contribution is 14.1. The van der Waals surface area contributed by atoms with Crippen LogP contribution in [0.5, 0.6) is 0 Å². The van der Waals surface area contributed by atoms with Crippen molar-refractivity contribution in [3.63, 3.8) is 0 Å². The van der Waals surface area contributed by atoms with Gasteiger partial charge in [0.15, 0.2) is 0 Å². The van der Waals surface area contributed by atoms with Gasteiger partial charge in [0.05, 0.1) is 59.3 Å². The minimum absolute atomic E-state index is 1.17. The molecule has 0 aliphatic heterocycles. The van der Waals surface area contributed by atoms with Crippen molar-refractivity contribution in [2.75, 3.05) is 0 Å². The van der Waals surface area contributed by atoms with Gasteiger partial charge in [-0.05, 0) is 24.3 Å². The molecule has 0 atom stereocenters. The van der Waals surface area contributed by atoms with Crippen LogP contribution in [0.2, 0.25) is 0 Å². The van der Waals surface area contributed by atoms with Gasteiger partial charge < -0.3 is 0 Å². The Morgan fingerprint density at radius 1 is 0.750 bits per heavy atom. The van der Waals surface area contributed by atoms with Crippen molar-refractivity contribution < 1.29 is 9.13 Å². The normalized spacial score (nSPS) is 11.0. The highest BCUT2D eigenvalue weighted by Crippen LogP contribution is 2.16. The Morgan fingerprint density at radius 2 is 1.10 bits per heavy atom. The van der Waals surface area contributed by atoms with Crippen molar-refractivity contribution >= 4 is 45.2 Å². The standard InChI is InChI=1S/C14H14I2N4/c1-17-7-9-19(13(17)15)11-3-5-12(6-4-11)20-10-8-18(2)14(20)16/h3-10H,1-2H3/q+2. The summed E-state index contributed by atoms with van der Waals surface area (Å²) in [7, 11) is 4.10. The molecule has 0 saturated heterocycles. The average molecular weight is 492 g/mol. The maximum Gasteiger partial charge on any atom is 0.322 e. The third kappa shape index (κ3) is 2.39.